The van der Waals surface area contributed by atoms with E-state index in [-0.39, 0.29) is 12.1 Å². The zero-order valence-corrected chi connectivity index (χ0v) is 7.67. The van der Waals surface area contributed by atoms with Crippen molar-refractivity contribution in [3.63, 3.8) is 0 Å². The van der Waals surface area contributed by atoms with E-state index in [0.717, 1.165) is 3.57 Å². The van der Waals surface area contributed by atoms with Crippen molar-refractivity contribution in [1.82, 2.24) is 4.98 Å². The number of hydrogen-bond donors (Lipinski definition) is 0. The zero-order valence-electron chi connectivity index (χ0n) is 5.51. The van der Waals surface area contributed by atoms with Gasteiger partial charge in [0.2, 0.25) is 0 Å². The molecule has 0 unspecified atom stereocenters. The lowest BCUT2D eigenvalue weighted by Gasteiger charge is -1.95. The molecule has 0 N–H and O–H groups in total. The van der Waals surface area contributed by atoms with Crippen LogP contribution in [-0.4, -0.2) is 4.98 Å². The van der Waals surface area contributed by atoms with Crippen LogP contribution in [0.15, 0.2) is 12.3 Å². The van der Waals surface area contributed by atoms with Crippen molar-refractivity contribution in [2.75, 3.05) is 0 Å². The number of aromatic nitrogens is 1. The Morgan fingerprint density at radius 3 is 3.00 bits per heavy atom. The average molecular weight is 262 g/mol. The number of rotatable bonds is 1. The number of nitriles is 1. The number of halogens is 2. The minimum atomic E-state index is -0.404. The van der Waals surface area contributed by atoms with E-state index in [9.17, 15) is 4.39 Å². The summed E-state index contributed by atoms with van der Waals surface area (Å²) in [6.07, 6.45) is 1.57. The molecule has 0 aliphatic rings. The van der Waals surface area contributed by atoms with Gasteiger partial charge in [0.05, 0.1) is 18.2 Å². The van der Waals surface area contributed by atoms with Crippen LogP contribution in [0.5, 0.6) is 0 Å². The second-order valence-corrected chi connectivity index (χ2v) is 3.16. The first-order valence-electron chi connectivity index (χ1n) is 2.91. The maximum Gasteiger partial charge on any atom is 0.146 e. The van der Waals surface area contributed by atoms with E-state index in [2.05, 4.69) is 4.98 Å². The van der Waals surface area contributed by atoms with Crippen LogP contribution >= 0.6 is 22.6 Å². The minimum absolute atomic E-state index is 0.0305. The van der Waals surface area contributed by atoms with Crippen LogP contribution in [0.3, 0.4) is 0 Å². The summed E-state index contributed by atoms with van der Waals surface area (Å²) in [5.74, 6) is -0.404. The standard InChI is InChI=1S/C7H4FIN2/c8-6-3-5(9)4-11-7(6)1-2-10/h3-4H,1H2. The van der Waals surface area contributed by atoms with E-state index in [1.807, 2.05) is 28.7 Å². The molecular formula is C7H4FIN2. The molecule has 0 aromatic carbocycles. The van der Waals surface area contributed by atoms with Gasteiger partial charge in [0.15, 0.2) is 0 Å². The molecule has 1 rings (SSSR count). The van der Waals surface area contributed by atoms with Crippen LogP contribution in [0.1, 0.15) is 5.69 Å². The molecule has 1 heterocycles. The van der Waals surface area contributed by atoms with Gasteiger partial charge in [0.1, 0.15) is 5.82 Å². The van der Waals surface area contributed by atoms with Crippen molar-refractivity contribution in [2.45, 2.75) is 6.42 Å². The fourth-order valence-corrected chi connectivity index (χ4v) is 1.06. The fraction of sp³-hybridized carbons (Fsp3) is 0.143. The van der Waals surface area contributed by atoms with Crippen LogP contribution in [-0.2, 0) is 6.42 Å². The predicted octanol–water partition coefficient (Wildman–Crippen LogP) is 1.89. The quantitative estimate of drug-likeness (QED) is 0.724. The molecule has 11 heavy (non-hydrogen) atoms. The van der Waals surface area contributed by atoms with Crippen molar-refractivity contribution >= 4 is 22.6 Å². The molecule has 0 atom stereocenters. The molecule has 4 heteroatoms. The van der Waals surface area contributed by atoms with Gasteiger partial charge in [-0.25, -0.2) is 4.39 Å². The lowest BCUT2D eigenvalue weighted by atomic mass is 10.3. The highest BCUT2D eigenvalue weighted by atomic mass is 127. The second-order valence-electron chi connectivity index (χ2n) is 1.92. The van der Waals surface area contributed by atoms with Gasteiger partial charge >= 0.3 is 0 Å². The molecule has 0 aliphatic carbocycles. The van der Waals surface area contributed by atoms with Crippen LogP contribution in [0.25, 0.3) is 0 Å². The van der Waals surface area contributed by atoms with Crippen LogP contribution in [0.2, 0.25) is 0 Å². The lowest BCUT2D eigenvalue weighted by Crippen LogP contribution is -1.93. The van der Waals surface area contributed by atoms with Gasteiger partial charge in [-0.05, 0) is 28.7 Å². The Balaban J connectivity index is 3.01. The summed E-state index contributed by atoms with van der Waals surface area (Å²) in [6, 6.07) is 3.20. The van der Waals surface area contributed by atoms with Gasteiger partial charge in [0, 0.05) is 9.77 Å². The van der Waals surface area contributed by atoms with Crippen LogP contribution in [0.4, 0.5) is 4.39 Å². The van der Waals surface area contributed by atoms with E-state index in [0.29, 0.717) is 0 Å². The summed E-state index contributed by atoms with van der Waals surface area (Å²) in [4.78, 5) is 3.76. The highest BCUT2D eigenvalue weighted by Crippen LogP contribution is 2.08. The van der Waals surface area contributed by atoms with Crippen molar-refractivity contribution in [3.8, 4) is 6.07 Å². The summed E-state index contributed by atoms with van der Waals surface area (Å²) >= 11 is 1.97. The van der Waals surface area contributed by atoms with Crippen molar-refractivity contribution < 1.29 is 4.39 Å². The maximum atomic E-state index is 12.8. The van der Waals surface area contributed by atoms with Gasteiger partial charge in [-0.1, -0.05) is 0 Å². The predicted molar refractivity (Wildman–Crippen MR) is 46.2 cm³/mol. The molecule has 0 fully saturated rings. The Morgan fingerprint density at radius 2 is 2.45 bits per heavy atom. The smallest absolute Gasteiger partial charge is 0.146 e. The Morgan fingerprint density at radius 1 is 1.73 bits per heavy atom. The van der Waals surface area contributed by atoms with E-state index in [4.69, 9.17) is 5.26 Å². The molecule has 0 saturated heterocycles. The molecule has 1 aromatic heterocycles. The molecule has 0 radical (unpaired) electrons. The summed E-state index contributed by atoms with van der Waals surface area (Å²) < 4.78 is 13.6. The average Bonchev–Trinajstić information content (AvgIpc) is 1.95. The van der Waals surface area contributed by atoms with Crippen molar-refractivity contribution in [1.29, 1.82) is 5.26 Å². The molecule has 2 nitrogen and oxygen atoms in total. The normalized spacial score (nSPS) is 9.18. The minimum Gasteiger partial charge on any atom is -0.256 e. The highest BCUT2D eigenvalue weighted by Gasteiger charge is 2.02. The highest BCUT2D eigenvalue weighted by molar-refractivity contribution is 14.1. The summed E-state index contributed by atoms with van der Waals surface area (Å²) in [7, 11) is 0. The Bertz CT molecular complexity index is 306. The van der Waals surface area contributed by atoms with Gasteiger partial charge in [-0.15, -0.1) is 0 Å². The number of pyridine rings is 1. The SMILES string of the molecule is N#CCc1ncc(I)cc1F. The molecule has 0 saturated carbocycles. The molecule has 1 aromatic rings. The molecular weight excluding hydrogens is 258 g/mol. The van der Waals surface area contributed by atoms with E-state index < -0.39 is 5.82 Å². The van der Waals surface area contributed by atoms with Crippen LogP contribution in [0, 0.1) is 20.7 Å². The monoisotopic (exact) mass is 262 g/mol. The van der Waals surface area contributed by atoms with Gasteiger partial charge in [-0.3, -0.25) is 4.98 Å². The molecule has 0 amide bonds. The van der Waals surface area contributed by atoms with Gasteiger partial charge in [0.25, 0.3) is 0 Å². The third-order valence-electron chi connectivity index (χ3n) is 1.13. The number of hydrogen-bond acceptors (Lipinski definition) is 2. The third-order valence-corrected chi connectivity index (χ3v) is 1.72. The van der Waals surface area contributed by atoms with Crippen molar-refractivity contribution in [3.05, 3.63) is 27.3 Å². The zero-order chi connectivity index (χ0) is 8.27. The number of nitrogens with zero attached hydrogens (tertiary/aromatic N) is 2. The van der Waals surface area contributed by atoms with E-state index in [1.54, 1.807) is 0 Å². The second kappa shape index (κ2) is 3.62. The molecule has 0 spiro atoms. The summed E-state index contributed by atoms with van der Waals surface area (Å²) in [6.45, 7) is 0. The fourth-order valence-electron chi connectivity index (χ4n) is 0.648. The molecule has 0 bridgehead atoms. The topological polar surface area (TPSA) is 36.7 Å². The largest absolute Gasteiger partial charge is 0.256 e. The summed E-state index contributed by atoms with van der Waals surface area (Å²) in [5.41, 5.74) is 0.216. The van der Waals surface area contributed by atoms with E-state index >= 15 is 0 Å². The maximum absolute atomic E-state index is 12.8. The van der Waals surface area contributed by atoms with Crippen LogP contribution < -0.4 is 0 Å². The first-order chi connectivity index (χ1) is 5.24. The third kappa shape index (κ3) is 2.12. The summed E-state index contributed by atoms with van der Waals surface area (Å²) in [5, 5.41) is 8.25. The van der Waals surface area contributed by atoms with Gasteiger partial charge < -0.3 is 0 Å². The first-order valence-corrected chi connectivity index (χ1v) is 3.99. The Kier molecular flexibility index (Phi) is 2.76. The Labute approximate surface area is 77.2 Å². The van der Waals surface area contributed by atoms with Crippen molar-refractivity contribution in [2.24, 2.45) is 0 Å². The Hall–Kier alpha value is -0.700. The van der Waals surface area contributed by atoms with Gasteiger partial charge in [-0.2, -0.15) is 5.26 Å². The first kappa shape index (κ1) is 8.40. The molecule has 56 valence electrons. The molecule has 0 aliphatic heterocycles. The lowest BCUT2D eigenvalue weighted by molar-refractivity contribution is 0.604. The van der Waals surface area contributed by atoms with E-state index in [1.165, 1.54) is 12.3 Å².